The first-order valence-electron chi connectivity index (χ1n) is 10.7. The highest BCUT2D eigenvalue weighted by atomic mass is 16.6. The Balaban J connectivity index is 1.56. The fraction of sp³-hybridized carbons (Fsp3) is 0.591. The number of ether oxygens (including phenoxy) is 2. The lowest BCUT2D eigenvalue weighted by Gasteiger charge is -2.30. The maximum atomic E-state index is 11.7. The molecule has 3 aliphatic rings. The molecule has 0 radical (unpaired) electrons. The Labute approximate surface area is 175 Å². The molecule has 2 aromatic rings. The third-order valence-electron chi connectivity index (χ3n) is 6.71. The van der Waals surface area contributed by atoms with Crippen molar-refractivity contribution in [2.75, 3.05) is 13.7 Å². The summed E-state index contributed by atoms with van der Waals surface area (Å²) in [5.41, 5.74) is 4.16. The number of hydrogen-bond acceptors (Lipinski definition) is 6. The van der Waals surface area contributed by atoms with Crippen LogP contribution in [-0.2, 0) is 14.3 Å². The van der Waals surface area contributed by atoms with E-state index >= 15 is 0 Å². The zero-order valence-electron chi connectivity index (χ0n) is 17.6. The van der Waals surface area contributed by atoms with Gasteiger partial charge in [0, 0.05) is 13.2 Å². The number of fused-ring (bicyclic) bond motifs is 1. The summed E-state index contributed by atoms with van der Waals surface area (Å²) in [6, 6.07) is 6.55. The van der Waals surface area contributed by atoms with Crippen molar-refractivity contribution in [3.63, 3.8) is 0 Å². The van der Waals surface area contributed by atoms with Gasteiger partial charge in [-0.1, -0.05) is 11.2 Å². The predicted octanol–water partition coefficient (Wildman–Crippen LogP) is 3.83. The lowest BCUT2D eigenvalue weighted by atomic mass is 9.90. The number of amides is 1. The van der Waals surface area contributed by atoms with Gasteiger partial charge in [0.25, 0.3) is 0 Å². The number of rotatable bonds is 4. The Morgan fingerprint density at radius 3 is 2.67 bits per heavy atom. The van der Waals surface area contributed by atoms with Gasteiger partial charge in [-0.3, -0.25) is 0 Å². The second-order valence-corrected chi connectivity index (χ2v) is 8.57. The van der Waals surface area contributed by atoms with Crippen LogP contribution in [0.5, 0.6) is 0 Å². The van der Waals surface area contributed by atoms with E-state index in [1.165, 1.54) is 0 Å². The topological polar surface area (TPSA) is 87.0 Å². The Morgan fingerprint density at radius 1 is 1.23 bits per heavy atom. The summed E-state index contributed by atoms with van der Waals surface area (Å²) in [7, 11) is 1.79. The number of oxime groups is 1. The minimum absolute atomic E-state index is 0.0100. The van der Waals surface area contributed by atoms with Gasteiger partial charge in [0.15, 0.2) is 0 Å². The minimum Gasteiger partial charge on any atom is -0.447 e. The highest BCUT2D eigenvalue weighted by Gasteiger charge is 2.34. The summed E-state index contributed by atoms with van der Waals surface area (Å²) in [6.07, 6.45) is 4.06. The Hall–Kier alpha value is -2.61. The van der Waals surface area contributed by atoms with Crippen LogP contribution in [0.4, 0.5) is 4.79 Å². The number of carbonyl (C=O) groups excluding carboxylic acids is 1. The molecule has 5 rings (SSSR count). The van der Waals surface area contributed by atoms with Crippen molar-refractivity contribution >= 4 is 22.8 Å². The third kappa shape index (κ3) is 3.23. The summed E-state index contributed by atoms with van der Waals surface area (Å²) in [4.78, 5) is 22.1. The van der Waals surface area contributed by atoms with Crippen LogP contribution in [0, 0.1) is 0 Å². The van der Waals surface area contributed by atoms with Crippen LogP contribution in [0.3, 0.4) is 0 Å². The number of cyclic esters (lactones) is 1. The minimum atomic E-state index is -0.383. The smallest absolute Gasteiger partial charge is 0.407 e. The number of imidazole rings is 1. The van der Waals surface area contributed by atoms with E-state index in [1.807, 2.05) is 13.8 Å². The lowest BCUT2D eigenvalue weighted by Crippen LogP contribution is -2.27. The second-order valence-electron chi connectivity index (χ2n) is 8.57. The molecular weight excluding hydrogens is 384 g/mol. The molecule has 2 aliphatic heterocycles. The van der Waals surface area contributed by atoms with Crippen LogP contribution in [0.2, 0.25) is 0 Å². The number of benzene rings is 1. The first-order chi connectivity index (χ1) is 14.5. The normalized spacial score (nSPS) is 31.4. The summed E-state index contributed by atoms with van der Waals surface area (Å²) >= 11 is 0. The number of nitrogens with zero attached hydrogens (tertiary/aromatic N) is 3. The summed E-state index contributed by atoms with van der Waals surface area (Å²) in [5.74, 6) is 1.00. The van der Waals surface area contributed by atoms with Gasteiger partial charge in [-0.25, -0.2) is 9.78 Å². The molecule has 1 saturated heterocycles. The van der Waals surface area contributed by atoms with Gasteiger partial charge in [0.05, 0.1) is 28.8 Å². The van der Waals surface area contributed by atoms with E-state index in [9.17, 15) is 4.79 Å². The van der Waals surface area contributed by atoms with Crippen molar-refractivity contribution in [1.29, 1.82) is 0 Å². The molecule has 2 unspecified atom stereocenters. The third-order valence-corrected chi connectivity index (χ3v) is 6.71. The molecule has 1 saturated carbocycles. The van der Waals surface area contributed by atoms with E-state index < -0.39 is 0 Å². The molecule has 1 aromatic carbocycles. The highest BCUT2D eigenvalue weighted by Crippen LogP contribution is 2.37. The van der Waals surface area contributed by atoms with Crippen molar-refractivity contribution in [2.24, 2.45) is 5.16 Å². The van der Waals surface area contributed by atoms with E-state index in [2.05, 4.69) is 33.2 Å². The zero-order valence-corrected chi connectivity index (χ0v) is 17.6. The summed E-state index contributed by atoms with van der Waals surface area (Å²) in [5, 5.41) is 7.06. The van der Waals surface area contributed by atoms with Crippen molar-refractivity contribution < 1.29 is 19.1 Å². The van der Waals surface area contributed by atoms with E-state index in [4.69, 9.17) is 19.3 Å². The molecule has 0 bridgehead atoms. The average molecular weight is 412 g/mol. The molecular formula is C22H28N4O4. The van der Waals surface area contributed by atoms with Gasteiger partial charge < -0.3 is 24.2 Å². The van der Waals surface area contributed by atoms with Crippen molar-refractivity contribution in [1.82, 2.24) is 14.9 Å². The van der Waals surface area contributed by atoms with Crippen molar-refractivity contribution in [3.8, 4) is 0 Å². The standard InChI is InChI=1S/C22H28N4O4/c1-12-20(13(2)30-25-12)14-4-9-19-17(10-14)23-21(18-11-29-22(27)24-18)26(19)15-5-7-16(28-3)8-6-15/h4,9-10,13,15-16,18,20H,5-8,11H2,1-3H3,(H,24,27)/t13?,15-,16-,18-,20?/m0/s1. The van der Waals surface area contributed by atoms with Crippen LogP contribution in [0.25, 0.3) is 11.0 Å². The highest BCUT2D eigenvalue weighted by molar-refractivity contribution is 5.91. The maximum Gasteiger partial charge on any atom is 0.407 e. The van der Waals surface area contributed by atoms with Gasteiger partial charge in [-0.2, -0.15) is 0 Å². The van der Waals surface area contributed by atoms with Crippen LogP contribution in [-0.4, -0.2) is 47.3 Å². The molecule has 2 fully saturated rings. The number of nitrogens with one attached hydrogen (secondary N) is 1. The first kappa shape index (κ1) is 19.4. The Bertz CT molecular complexity index is 992. The van der Waals surface area contributed by atoms with Crippen LogP contribution in [0.1, 0.15) is 68.9 Å². The van der Waals surface area contributed by atoms with E-state index in [-0.39, 0.29) is 24.2 Å². The van der Waals surface area contributed by atoms with Gasteiger partial charge in [-0.15, -0.1) is 0 Å². The molecule has 1 N–H and O–H groups in total. The van der Waals surface area contributed by atoms with E-state index in [1.54, 1.807) is 7.11 Å². The molecule has 0 spiro atoms. The Kier molecular flexibility index (Phi) is 4.89. The molecule has 1 aromatic heterocycles. The quantitative estimate of drug-likeness (QED) is 0.825. The zero-order chi connectivity index (χ0) is 20.8. The molecule has 160 valence electrons. The van der Waals surface area contributed by atoms with Gasteiger partial charge in [-0.05, 0) is 57.2 Å². The van der Waals surface area contributed by atoms with Gasteiger partial charge in [0.1, 0.15) is 24.6 Å². The number of methoxy groups -OCH3 is 1. The molecule has 8 heteroatoms. The number of alkyl carbamates (subject to hydrolysis) is 1. The lowest BCUT2D eigenvalue weighted by molar-refractivity contribution is 0.0583. The van der Waals surface area contributed by atoms with Crippen molar-refractivity contribution in [3.05, 3.63) is 29.6 Å². The molecule has 30 heavy (non-hydrogen) atoms. The fourth-order valence-electron chi connectivity index (χ4n) is 5.16. The van der Waals surface area contributed by atoms with E-state index in [0.717, 1.165) is 53.8 Å². The first-order valence-corrected chi connectivity index (χ1v) is 10.7. The predicted molar refractivity (Wildman–Crippen MR) is 112 cm³/mol. The number of aromatic nitrogens is 2. The second kappa shape index (κ2) is 7.58. The van der Waals surface area contributed by atoms with Crippen LogP contribution >= 0.6 is 0 Å². The molecule has 1 aliphatic carbocycles. The monoisotopic (exact) mass is 412 g/mol. The molecule has 3 heterocycles. The molecule has 8 nitrogen and oxygen atoms in total. The average Bonchev–Trinajstić information content (AvgIpc) is 3.44. The fourth-order valence-corrected chi connectivity index (χ4v) is 5.16. The van der Waals surface area contributed by atoms with Crippen LogP contribution in [0.15, 0.2) is 23.4 Å². The van der Waals surface area contributed by atoms with Crippen molar-refractivity contribution in [2.45, 2.75) is 69.7 Å². The largest absolute Gasteiger partial charge is 0.447 e. The van der Waals surface area contributed by atoms with Crippen LogP contribution < -0.4 is 5.32 Å². The summed E-state index contributed by atoms with van der Waals surface area (Å²) in [6.45, 7) is 4.35. The maximum absolute atomic E-state index is 11.7. The van der Waals surface area contributed by atoms with Gasteiger partial charge in [0.2, 0.25) is 0 Å². The number of hydrogen-bond donors (Lipinski definition) is 1. The van der Waals surface area contributed by atoms with Gasteiger partial charge >= 0.3 is 6.09 Å². The molecule has 3 atom stereocenters. The Morgan fingerprint density at radius 2 is 2.03 bits per heavy atom. The number of carbonyl (C=O) groups is 1. The van der Waals surface area contributed by atoms with E-state index in [0.29, 0.717) is 18.8 Å². The molecule has 1 amide bonds. The summed E-state index contributed by atoms with van der Waals surface area (Å²) < 4.78 is 13.0. The SMILES string of the molecule is CO[C@H]1CC[C@H](n2c([C@@H]3COC(=O)N3)nc3cc(C4C(C)=NOC4C)ccc32)CC1.